The zero-order chi connectivity index (χ0) is 10.7. The van der Waals surface area contributed by atoms with Crippen LogP contribution in [0.3, 0.4) is 0 Å². The number of nitrogens with two attached hydrogens (primary N) is 1. The number of nitrogens with zero attached hydrogens (tertiary/aromatic N) is 2. The molecule has 0 spiro atoms. The second-order valence-corrected chi connectivity index (χ2v) is 3.27. The minimum atomic E-state index is 0.544. The summed E-state index contributed by atoms with van der Waals surface area (Å²) in [6, 6.07) is 8.24. The number of ether oxygens (including phenoxy) is 1. The molecule has 0 amide bonds. The fourth-order valence-electron chi connectivity index (χ4n) is 1.25. The van der Waals surface area contributed by atoms with Crippen LogP contribution in [0.1, 0.15) is 5.56 Å². The Bertz CT molecular complexity index is 433. The molecular formula is C11H13N3O. The molecule has 1 heterocycles. The predicted molar refractivity (Wildman–Crippen MR) is 57.6 cm³/mol. The van der Waals surface area contributed by atoms with E-state index >= 15 is 0 Å². The zero-order valence-corrected chi connectivity index (χ0v) is 8.55. The molecule has 2 N–H and O–H groups in total. The summed E-state index contributed by atoms with van der Waals surface area (Å²) in [5, 5.41) is 0. The fraction of sp³-hybridized carbons (Fsp3) is 0.182. The number of rotatable bonds is 3. The highest BCUT2D eigenvalue weighted by atomic mass is 16.5. The van der Waals surface area contributed by atoms with E-state index in [1.807, 2.05) is 42.1 Å². The number of aromatic nitrogens is 2. The topological polar surface area (TPSA) is 53.1 Å². The highest BCUT2D eigenvalue weighted by molar-refractivity contribution is 5.29. The third-order valence-corrected chi connectivity index (χ3v) is 2.15. The highest BCUT2D eigenvalue weighted by Crippen LogP contribution is 2.18. The van der Waals surface area contributed by atoms with Crippen molar-refractivity contribution in [2.75, 3.05) is 0 Å². The van der Waals surface area contributed by atoms with Gasteiger partial charge in [0.25, 0.3) is 0 Å². The molecule has 0 atom stereocenters. The summed E-state index contributed by atoms with van der Waals surface area (Å²) < 4.78 is 7.38. The third kappa shape index (κ3) is 2.16. The van der Waals surface area contributed by atoms with Crippen LogP contribution in [0.25, 0.3) is 0 Å². The van der Waals surface area contributed by atoms with Crippen LogP contribution < -0.4 is 10.5 Å². The third-order valence-electron chi connectivity index (χ3n) is 2.15. The molecule has 0 unspecified atom stereocenters. The molecule has 0 aliphatic heterocycles. The maximum Gasteiger partial charge on any atom is 0.301 e. The molecule has 0 radical (unpaired) electrons. The summed E-state index contributed by atoms with van der Waals surface area (Å²) in [6.07, 6.45) is 3.53. The molecule has 15 heavy (non-hydrogen) atoms. The summed E-state index contributed by atoms with van der Waals surface area (Å²) in [5.74, 6) is 0.765. The van der Waals surface area contributed by atoms with Crippen molar-refractivity contribution in [3.05, 3.63) is 42.2 Å². The van der Waals surface area contributed by atoms with Gasteiger partial charge in [-0.3, -0.25) is 0 Å². The Labute approximate surface area is 88.3 Å². The van der Waals surface area contributed by atoms with Crippen LogP contribution >= 0.6 is 0 Å². The molecule has 2 rings (SSSR count). The molecule has 0 aliphatic carbocycles. The first-order valence-corrected chi connectivity index (χ1v) is 4.74. The summed E-state index contributed by atoms with van der Waals surface area (Å²) in [6.45, 7) is 0.544. The first kappa shape index (κ1) is 9.73. The Morgan fingerprint density at radius 2 is 2.07 bits per heavy atom. The van der Waals surface area contributed by atoms with E-state index in [0.717, 1.165) is 11.3 Å². The highest BCUT2D eigenvalue weighted by Gasteiger charge is 2.01. The van der Waals surface area contributed by atoms with Crippen LogP contribution in [-0.2, 0) is 13.6 Å². The van der Waals surface area contributed by atoms with Crippen LogP contribution in [0, 0.1) is 0 Å². The maximum atomic E-state index is 5.56. The van der Waals surface area contributed by atoms with Gasteiger partial charge in [-0.2, -0.15) is 0 Å². The Balaban J connectivity index is 2.14. The monoisotopic (exact) mass is 203 g/mol. The van der Waals surface area contributed by atoms with Gasteiger partial charge in [-0.15, -0.1) is 0 Å². The number of imidazole rings is 1. The minimum absolute atomic E-state index is 0.544. The Morgan fingerprint density at radius 3 is 2.60 bits per heavy atom. The van der Waals surface area contributed by atoms with Gasteiger partial charge in [0.1, 0.15) is 5.75 Å². The largest absolute Gasteiger partial charge is 0.426 e. The first-order valence-electron chi connectivity index (χ1n) is 4.74. The van der Waals surface area contributed by atoms with Gasteiger partial charge in [0.05, 0.1) is 0 Å². The van der Waals surface area contributed by atoms with Gasteiger partial charge >= 0.3 is 6.01 Å². The van der Waals surface area contributed by atoms with E-state index in [4.69, 9.17) is 10.5 Å². The summed E-state index contributed by atoms with van der Waals surface area (Å²) in [5.41, 5.74) is 6.59. The molecule has 4 heteroatoms. The molecule has 1 aromatic carbocycles. The zero-order valence-electron chi connectivity index (χ0n) is 8.55. The van der Waals surface area contributed by atoms with Crippen LogP contribution in [0.2, 0.25) is 0 Å². The molecule has 2 aromatic rings. The number of aryl methyl sites for hydroxylation is 1. The van der Waals surface area contributed by atoms with Crippen molar-refractivity contribution in [2.45, 2.75) is 6.54 Å². The lowest BCUT2D eigenvalue weighted by molar-refractivity contribution is 0.424. The molecule has 4 nitrogen and oxygen atoms in total. The van der Waals surface area contributed by atoms with Gasteiger partial charge in [0, 0.05) is 26.0 Å². The van der Waals surface area contributed by atoms with E-state index in [0.29, 0.717) is 12.6 Å². The van der Waals surface area contributed by atoms with Crippen molar-refractivity contribution >= 4 is 0 Å². The summed E-state index contributed by atoms with van der Waals surface area (Å²) in [4.78, 5) is 4.07. The van der Waals surface area contributed by atoms with E-state index in [9.17, 15) is 0 Å². The first-order chi connectivity index (χ1) is 7.29. The maximum absolute atomic E-state index is 5.56. The quantitative estimate of drug-likeness (QED) is 0.825. The van der Waals surface area contributed by atoms with Crippen LogP contribution in [0.4, 0.5) is 0 Å². The van der Waals surface area contributed by atoms with Crippen molar-refractivity contribution < 1.29 is 4.74 Å². The van der Waals surface area contributed by atoms with Gasteiger partial charge in [0.15, 0.2) is 0 Å². The number of hydrogen-bond donors (Lipinski definition) is 1. The lowest BCUT2D eigenvalue weighted by Gasteiger charge is -2.05. The lowest BCUT2D eigenvalue weighted by Crippen LogP contribution is -1.96. The predicted octanol–water partition coefficient (Wildman–Crippen LogP) is 1.67. The Morgan fingerprint density at radius 1 is 1.33 bits per heavy atom. The fourth-order valence-corrected chi connectivity index (χ4v) is 1.25. The van der Waals surface area contributed by atoms with E-state index in [1.54, 1.807) is 6.20 Å². The Kier molecular flexibility index (Phi) is 2.69. The number of benzene rings is 1. The average molecular weight is 203 g/mol. The second kappa shape index (κ2) is 4.14. The molecule has 0 fully saturated rings. The van der Waals surface area contributed by atoms with E-state index in [1.165, 1.54) is 0 Å². The minimum Gasteiger partial charge on any atom is -0.426 e. The van der Waals surface area contributed by atoms with Crippen LogP contribution in [0.15, 0.2) is 36.7 Å². The number of hydrogen-bond acceptors (Lipinski definition) is 3. The summed E-state index contributed by atoms with van der Waals surface area (Å²) in [7, 11) is 1.89. The molecule has 78 valence electrons. The van der Waals surface area contributed by atoms with Crippen LogP contribution in [-0.4, -0.2) is 9.55 Å². The lowest BCUT2D eigenvalue weighted by atomic mass is 10.2. The average Bonchev–Trinajstić information content (AvgIpc) is 2.66. The second-order valence-electron chi connectivity index (χ2n) is 3.27. The van der Waals surface area contributed by atoms with E-state index < -0.39 is 0 Å². The Hall–Kier alpha value is -1.81. The smallest absolute Gasteiger partial charge is 0.301 e. The SMILES string of the molecule is Cn1ccnc1Oc1ccc(CN)cc1. The molecule has 1 aromatic heterocycles. The van der Waals surface area contributed by atoms with Gasteiger partial charge in [0.2, 0.25) is 0 Å². The van der Waals surface area contributed by atoms with Crippen molar-refractivity contribution in [2.24, 2.45) is 12.8 Å². The van der Waals surface area contributed by atoms with Crippen molar-refractivity contribution in [3.8, 4) is 11.8 Å². The normalized spacial score (nSPS) is 10.3. The standard InChI is InChI=1S/C11H13N3O/c1-14-7-6-13-11(14)15-10-4-2-9(8-12)3-5-10/h2-7H,8,12H2,1H3. The van der Waals surface area contributed by atoms with Gasteiger partial charge in [-0.1, -0.05) is 12.1 Å². The van der Waals surface area contributed by atoms with Gasteiger partial charge in [-0.25, -0.2) is 4.98 Å². The van der Waals surface area contributed by atoms with Crippen molar-refractivity contribution in [1.82, 2.24) is 9.55 Å². The molecule has 0 saturated carbocycles. The molecule has 0 aliphatic rings. The molecule has 0 bridgehead atoms. The van der Waals surface area contributed by atoms with Crippen LogP contribution in [0.5, 0.6) is 11.8 Å². The van der Waals surface area contributed by atoms with E-state index in [-0.39, 0.29) is 0 Å². The van der Waals surface area contributed by atoms with Gasteiger partial charge in [-0.05, 0) is 17.7 Å². The van der Waals surface area contributed by atoms with Crippen molar-refractivity contribution in [1.29, 1.82) is 0 Å². The molecule has 0 saturated heterocycles. The van der Waals surface area contributed by atoms with Crippen molar-refractivity contribution in [3.63, 3.8) is 0 Å². The van der Waals surface area contributed by atoms with Gasteiger partial charge < -0.3 is 15.0 Å². The molecular weight excluding hydrogens is 190 g/mol. The summed E-state index contributed by atoms with van der Waals surface area (Å²) >= 11 is 0. The van der Waals surface area contributed by atoms with E-state index in [2.05, 4.69) is 4.98 Å².